The second-order valence-corrected chi connectivity index (χ2v) is 4.46. The van der Waals surface area contributed by atoms with E-state index in [-0.39, 0.29) is 6.04 Å². The van der Waals surface area contributed by atoms with Gasteiger partial charge < -0.3 is 14.8 Å². The number of nitrogens with zero attached hydrogens (tertiary/aromatic N) is 1. The standard InChI is InChI=1S/C15H16N2O2/c1-18-11-6-7-15(16-10-11)17-13-8-9-19-14-5-3-2-4-12(13)14/h2-7,10,13H,8-9H2,1H3,(H,16,17). The summed E-state index contributed by atoms with van der Waals surface area (Å²) in [5, 5.41) is 3.44. The molecule has 0 saturated heterocycles. The third-order valence-electron chi connectivity index (χ3n) is 3.25. The molecule has 1 aliphatic rings. The van der Waals surface area contributed by atoms with E-state index in [0.29, 0.717) is 0 Å². The van der Waals surface area contributed by atoms with Crippen molar-refractivity contribution in [3.8, 4) is 11.5 Å². The second kappa shape index (κ2) is 5.18. The van der Waals surface area contributed by atoms with E-state index in [4.69, 9.17) is 9.47 Å². The third kappa shape index (κ3) is 2.47. The van der Waals surface area contributed by atoms with Crippen LogP contribution in [0.2, 0.25) is 0 Å². The van der Waals surface area contributed by atoms with E-state index >= 15 is 0 Å². The highest BCUT2D eigenvalue weighted by Crippen LogP contribution is 2.33. The van der Waals surface area contributed by atoms with Crippen LogP contribution in [0, 0.1) is 0 Å². The molecule has 1 N–H and O–H groups in total. The summed E-state index contributed by atoms with van der Waals surface area (Å²) in [7, 11) is 1.64. The van der Waals surface area contributed by atoms with Crippen molar-refractivity contribution in [3.05, 3.63) is 48.2 Å². The van der Waals surface area contributed by atoms with Gasteiger partial charge in [0.1, 0.15) is 17.3 Å². The van der Waals surface area contributed by atoms with Gasteiger partial charge in [0, 0.05) is 12.0 Å². The number of pyridine rings is 1. The number of aromatic nitrogens is 1. The van der Waals surface area contributed by atoms with Gasteiger partial charge in [0.15, 0.2) is 0 Å². The Bertz CT molecular complexity index is 554. The predicted molar refractivity (Wildman–Crippen MR) is 73.7 cm³/mol. The molecule has 0 aliphatic carbocycles. The summed E-state index contributed by atoms with van der Waals surface area (Å²) in [6.07, 6.45) is 2.65. The molecule has 0 spiro atoms. The Morgan fingerprint density at radius 3 is 2.95 bits per heavy atom. The van der Waals surface area contributed by atoms with E-state index in [1.54, 1.807) is 13.3 Å². The monoisotopic (exact) mass is 256 g/mol. The van der Waals surface area contributed by atoms with Gasteiger partial charge in [-0.15, -0.1) is 0 Å². The SMILES string of the molecule is COc1ccc(NC2CCOc3ccccc32)nc1. The van der Waals surface area contributed by atoms with Gasteiger partial charge >= 0.3 is 0 Å². The zero-order valence-electron chi connectivity index (χ0n) is 10.8. The van der Waals surface area contributed by atoms with Crippen LogP contribution < -0.4 is 14.8 Å². The molecule has 2 heterocycles. The van der Waals surface area contributed by atoms with Gasteiger partial charge in [0.05, 0.1) is 26.0 Å². The lowest BCUT2D eigenvalue weighted by molar-refractivity contribution is 0.274. The first-order chi connectivity index (χ1) is 9.36. The van der Waals surface area contributed by atoms with Crippen molar-refractivity contribution in [1.29, 1.82) is 0 Å². The molecule has 98 valence electrons. The van der Waals surface area contributed by atoms with Crippen LogP contribution in [0.25, 0.3) is 0 Å². The van der Waals surface area contributed by atoms with E-state index in [9.17, 15) is 0 Å². The molecule has 0 amide bonds. The van der Waals surface area contributed by atoms with Crippen molar-refractivity contribution >= 4 is 5.82 Å². The highest BCUT2D eigenvalue weighted by Gasteiger charge is 2.20. The highest BCUT2D eigenvalue weighted by atomic mass is 16.5. The number of fused-ring (bicyclic) bond motifs is 1. The minimum atomic E-state index is 0.242. The second-order valence-electron chi connectivity index (χ2n) is 4.46. The van der Waals surface area contributed by atoms with E-state index in [1.807, 2.05) is 30.3 Å². The molecule has 0 fully saturated rings. The smallest absolute Gasteiger partial charge is 0.137 e. The summed E-state index contributed by atoms with van der Waals surface area (Å²) in [6, 6.07) is 12.2. The zero-order valence-corrected chi connectivity index (χ0v) is 10.8. The van der Waals surface area contributed by atoms with Gasteiger partial charge in [0.2, 0.25) is 0 Å². The molecular weight excluding hydrogens is 240 g/mol. The van der Waals surface area contributed by atoms with Crippen molar-refractivity contribution in [2.45, 2.75) is 12.5 Å². The van der Waals surface area contributed by atoms with Crippen LogP contribution in [0.4, 0.5) is 5.82 Å². The quantitative estimate of drug-likeness (QED) is 0.916. The van der Waals surface area contributed by atoms with Gasteiger partial charge in [-0.1, -0.05) is 18.2 Å². The van der Waals surface area contributed by atoms with Gasteiger partial charge in [0.25, 0.3) is 0 Å². The molecule has 0 radical (unpaired) electrons. The van der Waals surface area contributed by atoms with E-state index in [0.717, 1.165) is 30.3 Å². The van der Waals surface area contributed by atoms with Gasteiger partial charge in [-0.3, -0.25) is 0 Å². The largest absolute Gasteiger partial charge is 0.495 e. The van der Waals surface area contributed by atoms with Crippen LogP contribution in [0.15, 0.2) is 42.6 Å². The maximum Gasteiger partial charge on any atom is 0.137 e. The maximum absolute atomic E-state index is 5.65. The van der Waals surface area contributed by atoms with E-state index in [1.165, 1.54) is 5.56 Å². The summed E-state index contributed by atoms with van der Waals surface area (Å²) >= 11 is 0. The van der Waals surface area contributed by atoms with Crippen LogP contribution in [-0.2, 0) is 0 Å². The topological polar surface area (TPSA) is 43.4 Å². The number of anilines is 1. The highest BCUT2D eigenvalue weighted by molar-refractivity contribution is 5.45. The van der Waals surface area contributed by atoms with Crippen LogP contribution in [0.3, 0.4) is 0 Å². The van der Waals surface area contributed by atoms with Gasteiger partial charge in [-0.2, -0.15) is 0 Å². The molecule has 0 saturated carbocycles. The molecule has 1 unspecified atom stereocenters. The predicted octanol–water partition coefficient (Wildman–Crippen LogP) is 3.03. The fraction of sp³-hybridized carbons (Fsp3) is 0.267. The number of hydrogen-bond donors (Lipinski definition) is 1. The number of methoxy groups -OCH3 is 1. The van der Waals surface area contributed by atoms with Crippen LogP contribution in [0.1, 0.15) is 18.0 Å². The Morgan fingerprint density at radius 1 is 1.26 bits per heavy atom. The van der Waals surface area contributed by atoms with E-state index in [2.05, 4.69) is 16.4 Å². The van der Waals surface area contributed by atoms with Crippen molar-refractivity contribution in [3.63, 3.8) is 0 Å². The normalized spacial score (nSPS) is 17.2. The minimum Gasteiger partial charge on any atom is -0.495 e. The lowest BCUT2D eigenvalue weighted by Gasteiger charge is -2.27. The summed E-state index contributed by atoms with van der Waals surface area (Å²) in [5.74, 6) is 2.57. The van der Waals surface area contributed by atoms with Gasteiger partial charge in [-0.25, -0.2) is 4.98 Å². The Kier molecular flexibility index (Phi) is 3.23. The first kappa shape index (κ1) is 11.8. The number of nitrogens with one attached hydrogen (secondary N) is 1. The molecule has 1 aliphatic heterocycles. The Morgan fingerprint density at radius 2 is 2.16 bits per heavy atom. The molecule has 4 nitrogen and oxygen atoms in total. The Hall–Kier alpha value is -2.23. The van der Waals surface area contributed by atoms with Crippen LogP contribution in [0.5, 0.6) is 11.5 Å². The molecule has 2 aromatic rings. The fourth-order valence-electron chi connectivity index (χ4n) is 2.26. The van der Waals surface area contributed by atoms with Crippen molar-refractivity contribution < 1.29 is 9.47 Å². The number of benzene rings is 1. The number of hydrogen-bond acceptors (Lipinski definition) is 4. The molecular formula is C15H16N2O2. The lowest BCUT2D eigenvalue weighted by atomic mass is 10.0. The summed E-state index contributed by atoms with van der Waals surface area (Å²) in [6.45, 7) is 0.727. The van der Waals surface area contributed by atoms with Gasteiger partial charge in [-0.05, 0) is 18.2 Å². The minimum absolute atomic E-state index is 0.242. The van der Waals surface area contributed by atoms with Crippen molar-refractivity contribution in [1.82, 2.24) is 4.98 Å². The molecule has 3 rings (SSSR count). The summed E-state index contributed by atoms with van der Waals surface area (Å²) in [4.78, 5) is 4.34. The van der Waals surface area contributed by atoms with Crippen LogP contribution in [-0.4, -0.2) is 18.7 Å². The molecule has 1 aromatic heterocycles. The average Bonchev–Trinajstić information content (AvgIpc) is 2.48. The first-order valence-corrected chi connectivity index (χ1v) is 6.35. The molecule has 4 heteroatoms. The van der Waals surface area contributed by atoms with Crippen molar-refractivity contribution in [2.75, 3.05) is 19.0 Å². The maximum atomic E-state index is 5.65. The fourth-order valence-corrected chi connectivity index (χ4v) is 2.26. The summed E-state index contributed by atoms with van der Waals surface area (Å²) < 4.78 is 10.8. The number of para-hydroxylation sites is 1. The number of ether oxygens (including phenoxy) is 2. The Labute approximate surface area is 112 Å². The Balaban J connectivity index is 1.80. The lowest BCUT2D eigenvalue weighted by Crippen LogP contribution is -2.20. The molecule has 0 bridgehead atoms. The van der Waals surface area contributed by atoms with E-state index < -0.39 is 0 Å². The first-order valence-electron chi connectivity index (χ1n) is 6.35. The molecule has 19 heavy (non-hydrogen) atoms. The molecule has 1 aromatic carbocycles. The third-order valence-corrected chi connectivity index (χ3v) is 3.25. The zero-order chi connectivity index (χ0) is 13.1. The summed E-state index contributed by atoms with van der Waals surface area (Å²) in [5.41, 5.74) is 1.19. The molecule has 1 atom stereocenters. The average molecular weight is 256 g/mol. The number of rotatable bonds is 3. The van der Waals surface area contributed by atoms with Crippen LogP contribution >= 0.6 is 0 Å². The van der Waals surface area contributed by atoms with Crippen molar-refractivity contribution in [2.24, 2.45) is 0 Å².